The van der Waals surface area contributed by atoms with E-state index in [2.05, 4.69) is 10.1 Å². The van der Waals surface area contributed by atoms with E-state index < -0.39 is 10.2 Å². The maximum atomic E-state index is 11.8. The van der Waals surface area contributed by atoms with Crippen molar-refractivity contribution in [3.05, 3.63) is 12.7 Å². The van der Waals surface area contributed by atoms with E-state index >= 15 is 0 Å². The van der Waals surface area contributed by atoms with Gasteiger partial charge in [-0.2, -0.15) is 12.7 Å². The average molecular weight is 216 g/mol. The van der Waals surface area contributed by atoms with Crippen LogP contribution in [0.5, 0.6) is 0 Å². The fourth-order valence-electron chi connectivity index (χ4n) is 1.53. The summed E-state index contributed by atoms with van der Waals surface area (Å²) >= 11 is 0. The quantitative estimate of drug-likeness (QED) is 0.690. The third kappa shape index (κ3) is 1.64. The molecule has 0 atom stereocenters. The molecule has 0 spiro atoms. The van der Waals surface area contributed by atoms with E-state index in [1.54, 1.807) is 0 Å². The molecule has 2 rings (SSSR count). The molecule has 1 aromatic rings. The zero-order valence-corrected chi connectivity index (χ0v) is 8.52. The van der Waals surface area contributed by atoms with Crippen LogP contribution in [0.2, 0.25) is 0 Å². The topological polar surface area (TPSA) is 68.1 Å². The van der Waals surface area contributed by atoms with Gasteiger partial charge in [0, 0.05) is 13.1 Å². The van der Waals surface area contributed by atoms with Crippen molar-refractivity contribution < 1.29 is 8.42 Å². The zero-order chi connectivity index (χ0) is 10.0. The number of hydrogen-bond donors (Lipinski definition) is 0. The summed E-state index contributed by atoms with van der Waals surface area (Å²) < 4.78 is 26.0. The maximum Gasteiger partial charge on any atom is 0.324 e. The highest BCUT2D eigenvalue weighted by molar-refractivity contribution is 7.87. The molecule has 2 heterocycles. The van der Waals surface area contributed by atoms with Gasteiger partial charge in [-0.05, 0) is 12.8 Å². The predicted octanol–water partition coefficient (Wildman–Crippen LogP) is -0.143. The second kappa shape index (κ2) is 3.66. The largest absolute Gasteiger partial charge is 0.324 e. The van der Waals surface area contributed by atoms with E-state index in [0.29, 0.717) is 13.1 Å². The lowest BCUT2D eigenvalue weighted by Gasteiger charge is -2.24. The molecule has 1 aromatic heterocycles. The van der Waals surface area contributed by atoms with E-state index in [0.717, 1.165) is 23.3 Å². The molecule has 0 saturated carbocycles. The summed E-state index contributed by atoms with van der Waals surface area (Å²) in [7, 11) is -3.44. The summed E-state index contributed by atoms with van der Waals surface area (Å²) in [4.78, 5) is 3.63. The Balaban J connectivity index is 2.23. The fraction of sp³-hybridized carbons (Fsp3) is 0.714. The van der Waals surface area contributed by atoms with Gasteiger partial charge in [0.25, 0.3) is 0 Å². The van der Waals surface area contributed by atoms with Crippen molar-refractivity contribution in [1.82, 2.24) is 18.5 Å². The molecule has 0 aromatic carbocycles. The van der Waals surface area contributed by atoms with Gasteiger partial charge in [0.05, 0.1) is 0 Å². The normalized spacial score (nSPS) is 19.7. The van der Waals surface area contributed by atoms with Gasteiger partial charge in [-0.1, -0.05) is 6.42 Å². The van der Waals surface area contributed by atoms with Crippen LogP contribution in [-0.2, 0) is 10.2 Å². The standard InChI is InChI=1S/C7H12N4O2S/c12-14(13,11-7-8-6-9-11)10-4-2-1-3-5-10/h6-7H,1-5H2. The van der Waals surface area contributed by atoms with Gasteiger partial charge in [0.2, 0.25) is 0 Å². The van der Waals surface area contributed by atoms with Gasteiger partial charge in [-0.3, -0.25) is 0 Å². The van der Waals surface area contributed by atoms with Crippen molar-refractivity contribution in [3.63, 3.8) is 0 Å². The minimum Gasteiger partial charge on any atom is -0.222 e. The van der Waals surface area contributed by atoms with Gasteiger partial charge < -0.3 is 0 Å². The van der Waals surface area contributed by atoms with Gasteiger partial charge in [-0.15, -0.1) is 9.19 Å². The van der Waals surface area contributed by atoms with Gasteiger partial charge >= 0.3 is 10.2 Å². The van der Waals surface area contributed by atoms with Crippen LogP contribution in [-0.4, -0.2) is 40.0 Å². The summed E-state index contributed by atoms with van der Waals surface area (Å²) in [6.45, 7) is 1.17. The van der Waals surface area contributed by atoms with Crippen molar-refractivity contribution in [1.29, 1.82) is 0 Å². The molecule has 1 aliphatic rings. The van der Waals surface area contributed by atoms with Crippen LogP contribution < -0.4 is 0 Å². The molecule has 78 valence electrons. The number of nitrogens with zero attached hydrogens (tertiary/aromatic N) is 4. The molecule has 7 heteroatoms. The van der Waals surface area contributed by atoms with Crippen molar-refractivity contribution in [2.24, 2.45) is 0 Å². The van der Waals surface area contributed by atoms with E-state index in [-0.39, 0.29) is 0 Å². The fourth-order valence-corrected chi connectivity index (χ4v) is 2.82. The molecule has 0 aliphatic carbocycles. The lowest BCUT2D eigenvalue weighted by atomic mass is 10.2. The van der Waals surface area contributed by atoms with Crippen molar-refractivity contribution in [2.75, 3.05) is 13.1 Å². The van der Waals surface area contributed by atoms with Crippen LogP contribution in [0.15, 0.2) is 12.7 Å². The van der Waals surface area contributed by atoms with Gasteiger partial charge in [0.15, 0.2) is 0 Å². The first-order valence-electron chi connectivity index (χ1n) is 4.56. The highest BCUT2D eigenvalue weighted by atomic mass is 32.2. The Kier molecular flexibility index (Phi) is 2.51. The van der Waals surface area contributed by atoms with Gasteiger partial charge in [0.1, 0.15) is 12.7 Å². The van der Waals surface area contributed by atoms with Crippen molar-refractivity contribution >= 4 is 10.2 Å². The SMILES string of the molecule is O=S(=O)(N1CCCCC1)n1cncn1. The molecule has 0 N–H and O–H groups in total. The minimum absolute atomic E-state index is 0.586. The van der Waals surface area contributed by atoms with Crippen LogP contribution in [0, 0.1) is 0 Å². The predicted molar refractivity (Wildman–Crippen MR) is 49.8 cm³/mol. The monoisotopic (exact) mass is 216 g/mol. The summed E-state index contributed by atoms with van der Waals surface area (Å²) in [6, 6.07) is 0. The molecule has 14 heavy (non-hydrogen) atoms. The van der Waals surface area contributed by atoms with E-state index in [9.17, 15) is 8.42 Å². The minimum atomic E-state index is -3.44. The summed E-state index contributed by atoms with van der Waals surface area (Å²) in [5.41, 5.74) is 0. The van der Waals surface area contributed by atoms with Gasteiger partial charge in [-0.25, -0.2) is 4.98 Å². The molecule has 0 radical (unpaired) electrons. The molecule has 0 unspecified atom stereocenters. The second-order valence-corrected chi connectivity index (χ2v) is 5.02. The van der Waals surface area contributed by atoms with Crippen LogP contribution in [0.4, 0.5) is 0 Å². The second-order valence-electron chi connectivity index (χ2n) is 3.24. The van der Waals surface area contributed by atoms with Crippen molar-refractivity contribution in [2.45, 2.75) is 19.3 Å². The number of hydrogen-bond acceptors (Lipinski definition) is 4. The third-order valence-corrected chi connectivity index (χ3v) is 3.95. The maximum absolute atomic E-state index is 11.8. The lowest BCUT2D eigenvalue weighted by Crippen LogP contribution is -2.39. The van der Waals surface area contributed by atoms with E-state index in [1.165, 1.54) is 17.0 Å². The Bertz CT molecular complexity index is 380. The first-order chi connectivity index (χ1) is 6.71. The average Bonchev–Trinajstić information content (AvgIpc) is 2.72. The zero-order valence-electron chi connectivity index (χ0n) is 7.70. The van der Waals surface area contributed by atoms with Crippen molar-refractivity contribution in [3.8, 4) is 0 Å². The number of rotatable bonds is 2. The molecule has 0 bridgehead atoms. The Hall–Kier alpha value is -0.950. The first kappa shape index (κ1) is 9.60. The molecule has 1 fully saturated rings. The Morgan fingerprint density at radius 3 is 2.43 bits per heavy atom. The van der Waals surface area contributed by atoms with Crippen LogP contribution in [0.25, 0.3) is 0 Å². The summed E-state index contributed by atoms with van der Waals surface area (Å²) in [5, 5.41) is 3.64. The molecule has 0 amide bonds. The first-order valence-corrected chi connectivity index (χ1v) is 5.96. The number of piperidine rings is 1. The molecule has 1 saturated heterocycles. The van der Waals surface area contributed by atoms with E-state index in [4.69, 9.17) is 0 Å². The van der Waals surface area contributed by atoms with Crippen LogP contribution in [0.3, 0.4) is 0 Å². The van der Waals surface area contributed by atoms with E-state index in [1.807, 2.05) is 0 Å². The Morgan fingerprint density at radius 1 is 1.14 bits per heavy atom. The smallest absolute Gasteiger partial charge is 0.222 e. The highest BCUT2D eigenvalue weighted by Crippen LogP contribution is 2.13. The van der Waals surface area contributed by atoms with Crippen LogP contribution in [0.1, 0.15) is 19.3 Å². The summed E-state index contributed by atoms with van der Waals surface area (Å²) in [6.07, 6.45) is 5.39. The molecule has 6 nitrogen and oxygen atoms in total. The molecular weight excluding hydrogens is 204 g/mol. The summed E-state index contributed by atoms with van der Waals surface area (Å²) in [5.74, 6) is 0. The van der Waals surface area contributed by atoms with Crippen LogP contribution >= 0.6 is 0 Å². The highest BCUT2D eigenvalue weighted by Gasteiger charge is 2.25. The Labute approximate surface area is 82.7 Å². The number of aromatic nitrogens is 3. The third-order valence-electron chi connectivity index (χ3n) is 2.28. The Morgan fingerprint density at radius 2 is 1.86 bits per heavy atom. The lowest BCUT2D eigenvalue weighted by molar-refractivity contribution is 0.341. The molecular formula is C7H12N4O2S. The molecule has 1 aliphatic heterocycles.